The number of hydrogen-bond donors (Lipinski definition) is 1. The van der Waals surface area contributed by atoms with Crippen molar-refractivity contribution in [2.24, 2.45) is 4.99 Å². The molecule has 0 saturated carbocycles. The van der Waals surface area contributed by atoms with E-state index in [1.165, 1.54) is 0 Å². The molecule has 3 rings (SSSR count). The molecule has 2 aliphatic heterocycles. The van der Waals surface area contributed by atoms with Crippen LogP contribution in [0.25, 0.3) is 0 Å². The van der Waals surface area contributed by atoms with Crippen LogP contribution in [0.3, 0.4) is 0 Å². The van der Waals surface area contributed by atoms with E-state index in [4.69, 9.17) is 0 Å². The van der Waals surface area contributed by atoms with Gasteiger partial charge in [0.05, 0.1) is 23.3 Å². The van der Waals surface area contributed by atoms with Crippen molar-refractivity contribution >= 4 is 17.6 Å². The fourth-order valence-corrected chi connectivity index (χ4v) is 1.64. The molecule has 0 unspecified atom stereocenters. The van der Waals surface area contributed by atoms with Gasteiger partial charge in [-0.3, -0.25) is 4.99 Å². The highest BCUT2D eigenvalue weighted by Crippen LogP contribution is 2.34. The van der Waals surface area contributed by atoms with Crippen LogP contribution >= 0.6 is 0 Å². The minimum absolute atomic E-state index is 1.01. The van der Waals surface area contributed by atoms with Gasteiger partial charge in [-0.15, -0.1) is 0 Å². The summed E-state index contributed by atoms with van der Waals surface area (Å²) in [6, 6.07) is 8.10. The Kier molecular flexibility index (Phi) is 1.44. The predicted octanol–water partition coefficient (Wildman–Crippen LogP) is 2.12. The standard InChI is InChI=1S/C11H9N3/c1-2-4-11-10(3-1)13-8-9-7-12-5-6-14(9)11/h1-8,12H. The molecule has 14 heavy (non-hydrogen) atoms. The maximum atomic E-state index is 4.37. The normalized spacial score (nSPS) is 16.9. The number of anilines is 1. The van der Waals surface area contributed by atoms with E-state index >= 15 is 0 Å². The van der Waals surface area contributed by atoms with Crippen LogP contribution in [0, 0.1) is 0 Å². The van der Waals surface area contributed by atoms with E-state index in [0.717, 1.165) is 17.1 Å². The number of benzene rings is 1. The molecular weight excluding hydrogens is 174 g/mol. The summed E-state index contributed by atoms with van der Waals surface area (Å²) in [5.74, 6) is 0. The van der Waals surface area contributed by atoms with E-state index in [-0.39, 0.29) is 0 Å². The minimum atomic E-state index is 1.01. The van der Waals surface area contributed by atoms with Gasteiger partial charge in [-0.2, -0.15) is 0 Å². The first-order valence-electron chi connectivity index (χ1n) is 4.50. The molecule has 0 aromatic heterocycles. The summed E-state index contributed by atoms with van der Waals surface area (Å²) in [4.78, 5) is 6.48. The van der Waals surface area contributed by atoms with Gasteiger partial charge in [-0.05, 0) is 12.1 Å². The largest absolute Gasteiger partial charge is 0.365 e. The number of allylic oxidation sites excluding steroid dienone is 1. The second-order valence-electron chi connectivity index (χ2n) is 3.17. The van der Waals surface area contributed by atoms with Crippen LogP contribution in [0.5, 0.6) is 0 Å². The molecule has 1 aromatic carbocycles. The first-order chi connectivity index (χ1) is 6.95. The third-order valence-electron chi connectivity index (χ3n) is 2.31. The Morgan fingerprint density at radius 2 is 2.14 bits per heavy atom. The molecule has 3 nitrogen and oxygen atoms in total. The lowest BCUT2D eigenvalue weighted by Gasteiger charge is -2.27. The second kappa shape index (κ2) is 2.73. The zero-order valence-electron chi connectivity index (χ0n) is 7.51. The first-order valence-corrected chi connectivity index (χ1v) is 4.50. The Morgan fingerprint density at radius 3 is 3.14 bits per heavy atom. The number of para-hydroxylation sites is 2. The van der Waals surface area contributed by atoms with Crippen LogP contribution in [0.2, 0.25) is 0 Å². The van der Waals surface area contributed by atoms with Crippen LogP contribution < -0.4 is 10.2 Å². The lowest BCUT2D eigenvalue weighted by Crippen LogP contribution is -2.24. The summed E-state index contributed by atoms with van der Waals surface area (Å²) >= 11 is 0. The zero-order valence-corrected chi connectivity index (χ0v) is 7.51. The molecule has 0 amide bonds. The molecule has 3 heteroatoms. The van der Waals surface area contributed by atoms with E-state index in [0.29, 0.717) is 0 Å². The average molecular weight is 183 g/mol. The van der Waals surface area contributed by atoms with Crippen molar-refractivity contribution < 1.29 is 0 Å². The van der Waals surface area contributed by atoms with Crippen molar-refractivity contribution in [3.63, 3.8) is 0 Å². The Hall–Kier alpha value is -2.03. The Labute approximate surface area is 82.1 Å². The van der Waals surface area contributed by atoms with Gasteiger partial charge in [0.25, 0.3) is 0 Å². The van der Waals surface area contributed by atoms with Crippen LogP contribution in [0.1, 0.15) is 0 Å². The molecule has 2 heterocycles. The average Bonchev–Trinajstić information content (AvgIpc) is 2.29. The number of nitrogens with zero attached hydrogens (tertiary/aromatic N) is 2. The minimum Gasteiger partial charge on any atom is -0.365 e. The van der Waals surface area contributed by atoms with Crippen molar-refractivity contribution in [3.05, 3.63) is 48.6 Å². The van der Waals surface area contributed by atoms with Gasteiger partial charge in [-0.1, -0.05) is 12.1 Å². The van der Waals surface area contributed by atoms with Crippen LogP contribution in [0.15, 0.2) is 53.6 Å². The van der Waals surface area contributed by atoms with Crippen LogP contribution in [-0.4, -0.2) is 6.21 Å². The van der Waals surface area contributed by atoms with Crippen molar-refractivity contribution in [1.29, 1.82) is 0 Å². The summed E-state index contributed by atoms with van der Waals surface area (Å²) in [5.41, 5.74) is 3.20. The van der Waals surface area contributed by atoms with Gasteiger partial charge in [0.15, 0.2) is 0 Å². The van der Waals surface area contributed by atoms with Gasteiger partial charge in [-0.25, -0.2) is 0 Å². The number of aliphatic imine (C=N–C) groups is 1. The molecule has 68 valence electrons. The van der Waals surface area contributed by atoms with Gasteiger partial charge in [0.2, 0.25) is 0 Å². The summed E-state index contributed by atoms with van der Waals surface area (Å²) in [6.07, 6.45) is 7.69. The topological polar surface area (TPSA) is 27.6 Å². The summed E-state index contributed by atoms with van der Waals surface area (Å²) < 4.78 is 0. The second-order valence-corrected chi connectivity index (χ2v) is 3.17. The van der Waals surface area contributed by atoms with Crippen molar-refractivity contribution in [2.75, 3.05) is 4.90 Å². The molecule has 0 atom stereocenters. The molecule has 1 aromatic rings. The lowest BCUT2D eigenvalue weighted by molar-refractivity contribution is 1.06. The molecule has 2 aliphatic rings. The highest BCUT2D eigenvalue weighted by Gasteiger charge is 2.16. The summed E-state index contributed by atoms with van der Waals surface area (Å²) in [6.45, 7) is 0. The summed E-state index contributed by atoms with van der Waals surface area (Å²) in [5, 5.41) is 3.04. The van der Waals surface area contributed by atoms with Crippen LogP contribution in [0.4, 0.5) is 11.4 Å². The number of nitrogens with one attached hydrogen (secondary N) is 1. The third kappa shape index (κ3) is 0.956. The lowest BCUT2D eigenvalue weighted by atomic mass is 10.2. The maximum Gasteiger partial charge on any atom is 0.0870 e. The van der Waals surface area contributed by atoms with E-state index in [1.807, 2.05) is 43.0 Å². The fourth-order valence-electron chi connectivity index (χ4n) is 1.64. The quantitative estimate of drug-likeness (QED) is 0.667. The molecule has 0 fully saturated rings. The number of hydrogen-bond acceptors (Lipinski definition) is 3. The monoisotopic (exact) mass is 183 g/mol. The SMILES string of the molecule is C1=CN2C(=CN1)C=Nc1ccccc12. The Balaban J connectivity index is 2.19. The zero-order chi connectivity index (χ0) is 9.38. The van der Waals surface area contributed by atoms with Gasteiger partial charge >= 0.3 is 0 Å². The molecule has 0 saturated heterocycles. The fraction of sp³-hybridized carbons (Fsp3) is 0. The Morgan fingerprint density at radius 1 is 1.21 bits per heavy atom. The molecular formula is C11H9N3. The molecule has 0 bridgehead atoms. The van der Waals surface area contributed by atoms with Crippen molar-refractivity contribution in [1.82, 2.24) is 5.32 Å². The van der Waals surface area contributed by atoms with Crippen molar-refractivity contribution in [2.45, 2.75) is 0 Å². The molecule has 0 radical (unpaired) electrons. The predicted molar refractivity (Wildman–Crippen MR) is 57.4 cm³/mol. The summed E-state index contributed by atoms with van der Waals surface area (Å²) in [7, 11) is 0. The number of rotatable bonds is 0. The van der Waals surface area contributed by atoms with Gasteiger partial charge in [0.1, 0.15) is 0 Å². The molecule has 1 N–H and O–H groups in total. The van der Waals surface area contributed by atoms with E-state index in [2.05, 4.69) is 21.3 Å². The Bertz CT molecular complexity index is 457. The third-order valence-corrected chi connectivity index (χ3v) is 2.31. The highest BCUT2D eigenvalue weighted by molar-refractivity contribution is 5.94. The van der Waals surface area contributed by atoms with E-state index in [9.17, 15) is 0 Å². The van der Waals surface area contributed by atoms with E-state index < -0.39 is 0 Å². The van der Waals surface area contributed by atoms with E-state index in [1.54, 1.807) is 0 Å². The van der Waals surface area contributed by atoms with Crippen molar-refractivity contribution in [3.8, 4) is 0 Å². The highest BCUT2D eigenvalue weighted by atomic mass is 15.2. The van der Waals surface area contributed by atoms with Gasteiger partial charge in [0, 0.05) is 18.6 Å². The molecule has 0 aliphatic carbocycles. The molecule has 0 spiro atoms. The van der Waals surface area contributed by atoms with Crippen LogP contribution in [-0.2, 0) is 0 Å². The maximum absolute atomic E-state index is 4.37. The number of fused-ring (bicyclic) bond motifs is 3. The smallest absolute Gasteiger partial charge is 0.0870 e. The van der Waals surface area contributed by atoms with Gasteiger partial charge < -0.3 is 10.2 Å². The first kappa shape index (κ1) is 7.38.